The lowest BCUT2D eigenvalue weighted by Gasteiger charge is -2.05. The van der Waals surface area contributed by atoms with Crippen LogP contribution in [0.15, 0.2) is 30.6 Å². The van der Waals surface area contributed by atoms with Gasteiger partial charge in [0.15, 0.2) is 0 Å². The highest BCUT2D eigenvalue weighted by Gasteiger charge is 2.45. The van der Waals surface area contributed by atoms with Gasteiger partial charge in [0.25, 0.3) is 0 Å². The topological polar surface area (TPSA) is 54.9 Å². The average Bonchev–Trinajstić information content (AvgIpc) is 3.22. The minimum absolute atomic E-state index is 0.0705. The molecule has 1 aromatic carbocycles. The highest BCUT2D eigenvalue weighted by atomic mass is 35.5. The summed E-state index contributed by atoms with van der Waals surface area (Å²) in [6.07, 6.45) is 1.85. The zero-order valence-electron chi connectivity index (χ0n) is 10.7. The van der Waals surface area contributed by atoms with Crippen molar-refractivity contribution in [1.29, 1.82) is 0 Å². The molecule has 0 bridgehead atoms. The molecule has 0 spiro atoms. The molecule has 4 nitrogen and oxygen atoms in total. The molecule has 108 valence electrons. The summed E-state index contributed by atoms with van der Waals surface area (Å²) in [5.74, 6) is -0.774. The molecule has 1 heterocycles. The van der Waals surface area contributed by atoms with E-state index in [0.717, 1.165) is 0 Å². The van der Waals surface area contributed by atoms with Crippen LogP contribution in [-0.4, -0.2) is 15.9 Å². The molecule has 0 saturated heterocycles. The van der Waals surface area contributed by atoms with Crippen molar-refractivity contribution in [2.45, 2.75) is 12.3 Å². The Hall–Kier alpha value is -1.72. The van der Waals surface area contributed by atoms with Crippen LogP contribution in [0.25, 0.3) is 0 Å². The number of hydrogen-bond donors (Lipinski definition) is 1. The lowest BCUT2D eigenvalue weighted by Crippen LogP contribution is -2.15. The second-order valence-electron chi connectivity index (χ2n) is 4.81. The Morgan fingerprint density at radius 1 is 1.33 bits per heavy atom. The number of hydrogen-bond acceptors (Lipinski definition) is 3. The summed E-state index contributed by atoms with van der Waals surface area (Å²) in [4.78, 5) is 19.7. The Morgan fingerprint density at radius 3 is 2.90 bits per heavy atom. The summed E-state index contributed by atoms with van der Waals surface area (Å²) >= 11 is 11.5. The van der Waals surface area contributed by atoms with Crippen molar-refractivity contribution < 1.29 is 9.18 Å². The molecule has 0 radical (unpaired) electrons. The predicted molar refractivity (Wildman–Crippen MR) is 77.9 cm³/mol. The maximum Gasteiger partial charge on any atom is 0.229 e. The van der Waals surface area contributed by atoms with E-state index in [2.05, 4.69) is 15.3 Å². The van der Waals surface area contributed by atoms with Gasteiger partial charge in [-0.15, -0.1) is 0 Å². The third kappa shape index (κ3) is 2.99. The summed E-state index contributed by atoms with van der Waals surface area (Å²) in [7, 11) is 0. The van der Waals surface area contributed by atoms with Crippen molar-refractivity contribution in [3.8, 4) is 0 Å². The molecule has 2 aromatic rings. The van der Waals surface area contributed by atoms with Gasteiger partial charge >= 0.3 is 0 Å². The first-order chi connectivity index (χ1) is 10.1. The Kier molecular flexibility index (Phi) is 3.78. The maximum atomic E-state index is 13.9. The van der Waals surface area contributed by atoms with Gasteiger partial charge in [0.2, 0.25) is 5.91 Å². The van der Waals surface area contributed by atoms with Crippen LogP contribution in [0.5, 0.6) is 0 Å². The lowest BCUT2D eigenvalue weighted by molar-refractivity contribution is -0.117. The van der Waals surface area contributed by atoms with Gasteiger partial charge in [-0.2, -0.15) is 0 Å². The number of rotatable bonds is 3. The third-order valence-corrected chi connectivity index (χ3v) is 3.89. The van der Waals surface area contributed by atoms with Crippen LogP contribution >= 0.6 is 23.2 Å². The number of anilines is 1. The molecule has 1 aromatic heterocycles. The molecule has 21 heavy (non-hydrogen) atoms. The monoisotopic (exact) mass is 325 g/mol. The smallest absolute Gasteiger partial charge is 0.229 e. The number of nitrogens with one attached hydrogen (secondary N) is 1. The zero-order valence-corrected chi connectivity index (χ0v) is 12.2. The van der Waals surface area contributed by atoms with Gasteiger partial charge in [0.1, 0.15) is 23.1 Å². The molecule has 3 rings (SSSR count). The normalized spacial score (nSPS) is 20.1. The average molecular weight is 326 g/mol. The molecule has 1 aliphatic carbocycles. The van der Waals surface area contributed by atoms with Gasteiger partial charge < -0.3 is 5.32 Å². The highest BCUT2D eigenvalue weighted by molar-refractivity contribution is 6.30. The zero-order chi connectivity index (χ0) is 15.0. The molecule has 2 atom stereocenters. The molecular weight excluding hydrogens is 316 g/mol. The second-order valence-corrected chi connectivity index (χ2v) is 5.60. The maximum absolute atomic E-state index is 13.9. The van der Waals surface area contributed by atoms with E-state index in [4.69, 9.17) is 23.2 Å². The van der Waals surface area contributed by atoms with Crippen molar-refractivity contribution in [1.82, 2.24) is 9.97 Å². The van der Waals surface area contributed by atoms with Gasteiger partial charge in [0.05, 0.1) is 5.02 Å². The van der Waals surface area contributed by atoms with E-state index in [1.54, 1.807) is 12.1 Å². The molecule has 1 aliphatic rings. The van der Waals surface area contributed by atoms with Crippen molar-refractivity contribution in [3.63, 3.8) is 0 Å². The van der Waals surface area contributed by atoms with E-state index in [1.165, 1.54) is 18.5 Å². The van der Waals surface area contributed by atoms with Crippen LogP contribution in [0, 0.1) is 11.7 Å². The summed E-state index contributed by atoms with van der Waals surface area (Å²) in [6.45, 7) is 0. The number of nitrogens with zero attached hydrogens (tertiary/aromatic N) is 2. The van der Waals surface area contributed by atoms with Crippen LogP contribution < -0.4 is 5.32 Å². The first kappa shape index (κ1) is 14.2. The molecule has 1 N–H and O–H groups in total. The number of halogens is 3. The number of carbonyl (C=O) groups excluding carboxylic acids is 1. The molecule has 1 amide bonds. The minimum Gasteiger partial charge on any atom is -0.310 e. The van der Waals surface area contributed by atoms with Crippen molar-refractivity contribution >= 4 is 34.9 Å². The van der Waals surface area contributed by atoms with E-state index in [0.29, 0.717) is 17.8 Å². The van der Waals surface area contributed by atoms with Gasteiger partial charge in [0, 0.05) is 12.0 Å². The van der Waals surface area contributed by atoms with Crippen molar-refractivity contribution in [2.75, 3.05) is 5.32 Å². The van der Waals surface area contributed by atoms with E-state index < -0.39 is 5.82 Å². The Bertz CT molecular complexity index is 710. The number of aromatic nitrogens is 2. The second kappa shape index (κ2) is 5.58. The fourth-order valence-corrected chi connectivity index (χ4v) is 2.59. The Morgan fingerprint density at radius 2 is 2.14 bits per heavy atom. The van der Waals surface area contributed by atoms with Crippen molar-refractivity contribution in [3.05, 3.63) is 52.1 Å². The van der Waals surface area contributed by atoms with Crippen LogP contribution in [-0.2, 0) is 4.79 Å². The van der Waals surface area contributed by atoms with Gasteiger partial charge in [-0.25, -0.2) is 14.4 Å². The molecule has 0 unspecified atom stereocenters. The highest BCUT2D eigenvalue weighted by Crippen LogP contribution is 2.49. The SMILES string of the molecule is O=C(Nc1cc(Cl)ncn1)[C@H]1C[C@@H]1c1cccc(Cl)c1F. The van der Waals surface area contributed by atoms with Crippen LogP contribution in [0.1, 0.15) is 17.9 Å². The van der Waals surface area contributed by atoms with E-state index >= 15 is 0 Å². The van der Waals surface area contributed by atoms with E-state index in [1.807, 2.05) is 0 Å². The van der Waals surface area contributed by atoms with Gasteiger partial charge in [-0.3, -0.25) is 4.79 Å². The fraction of sp³-hybridized carbons (Fsp3) is 0.214. The number of benzene rings is 1. The lowest BCUT2D eigenvalue weighted by atomic mass is 10.1. The molecule has 7 heteroatoms. The summed E-state index contributed by atoms with van der Waals surface area (Å²) in [6, 6.07) is 6.27. The predicted octanol–water partition coefficient (Wildman–Crippen LogP) is 3.66. The molecular formula is C14H10Cl2FN3O. The quantitative estimate of drug-likeness (QED) is 0.876. The number of carbonyl (C=O) groups is 1. The number of amides is 1. The van der Waals surface area contributed by atoms with E-state index in [-0.39, 0.29) is 27.9 Å². The van der Waals surface area contributed by atoms with Gasteiger partial charge in [-0.1, -0.05) is 35.3 Å². The minimum atomic E-state index is -0.454. The molecule has 0 aliphatic heterocycles. The van der Waals surface area contributed by atoms with Crippen LogP contribution in [0.2, 0.25) is 10.2 Å². The van der Waals surface area contributed by atoms with Crippen molar-refractivity contribution in [2.24, 2.45) is 5.92 Å². The van der Waals surface area contributed by atoms with E-state index in [9.17, 15) is 9.18 Å². The third-order valence-electron chi connectivity index (χ3n) is 3.39. The Balaban J connectivity index is 1.70. The van der Waals surface area contributed by atoms with Crippen LogP contribution in [0.4, 0.5) is 10.2 Å². The molecule has 1 fully saturated rings. The summed E-state index contributed by atoms with van der Waals surface area (Å²) in [5.41, 5.74) is 0.475. The standard InChI is InChI=1S/C14H10Cl2FN3O/c15-10-3-1-2-7(13(10)17)8-4-9(8)14(21)20-12-5-11(16)18-6-19-12/h1-3,5-6,8-9H,4H2,(H,18,19,20,21)/t8-,9+/m1/s1. The summed E-state index contributed by atoms with van der Waals surface area (Å²) < 4.78 is 13.9. The van der Waals surface area contributed by atoms with Crippen LogP contribution in [0.3, 0.4) is 0 Å². The largest absolute Gasteiger partial charge is 0.310 e. The first-order valence-corrected chi connectivity index (χ1v) is 7.04. The Labute approximate surface area is 130 Å². The van der Waals surface area contributed by atoms with Gasteiger partial charge in [-0.05, 0) is 24.0 Å². The molecule has 1 saturated carbocycles. The summed E-state index contributed by atoms with van der Waals surface area (Å²) in [5, 5.41) is 2.96. The first-order valence-electron chi connectivity index (χ1n) is 6.28. The fourth-order valence-electron chi connectivity index (χ4n) is 2.26.